The van der Waals surface area contributed by atoms with E-state index < -0.39 is 0 Å². The zero-order valence-corrected chi connectivity index (χ0v) is 17.8. The lowest BCUT2D eigenvalue weighted by atomic mass is 10.1. The molecule has 2 aromatic rings. The van der Waals surface area contributed by atoms with Crippen molar-refractivity contribution in [3.63, 3.8) is 0 Å². The average Bonchev–Trinajstić information content (AvgIpc) is 3.26. The Hall–Kier alpha value is -2.78. The molecule has 0 bridgehead atoms. The van der Waals surface area contributed by atoms with Gasteiger partial charge in [0.2, 0.25) is 5.91 Å². The first-order chi connectivity index (χ1) is 15.1. The fourth-order valence-electron chi connectivity index (χ4n) is 4.04. The zero-order chi connectivity index (χ0) is 21.6. The molecule has 31 heavy (non-hydrogen) atoms. The van der Waals surface area contributed by atoms with E-state index in [0.717, 1.165) is 49.2 Å². The summed E-state index contributed by atoms with van der Waals surface area (Å²) in [6.45, 7) is 1.77. The van der Waals surface area contributed by atoms with Gasteiger partial charge in [-0.25, -0.2) is 9.97 Å². The van der Waals surface area contributed by atoms with E-state index in [4.69, 9.17) is 24.5 Å². The number of anilines is 1. The molecule has 1 fully saturated rings. The Bertz CT molecular complexity index is 917. The highest BCUT2D eigenvalue weighted by Gasteiger charge is 2.24. The van der Waals surface area contributed by atoms with Gasteiger partial charge in [0, 0.05) is 49.8 Å². The second-order valence-corrected chi connectivity index (χ2v) is 7.91. The molecule has 0 aromatic carbocycles. The van der Waals surface area contributed by atoms with Gasteiger partial charge in [0.15, 0.2) is 5.82 Å². The summed E-state index contributed by atoms with van der Waals surface area (Å²) in [6.07, 6.45) is 6.16. The number of nitrogens with one attached hydrogen (secondary N) is 1. The van der Waals surface area contributed by atoms with Gasteiger partial charge in [-0.15, -0.1) is 0 Å². The van der Waals surface area contributed by atoms with Crippen LogP contribution in [-0.2, 0) is 22.4 Å². The maximum Gasteiger partial charge on any atom is 0.239 e. The van der Waals surface area contributed by atoms with Crippen LogP contribution in [0.3, 0.4) is 0 Å². The van der Waals surface area contributed by atoms with E-state index in [1.807, 2.05) is 11.9 Å². The van der Waals surface area contributed by atoms with E-state index in [9.17, 15) is 4.79 Å². The first-order valence-corrected chi connectivity index (χ1v) is 10.8. The van der Waals surface area contributed by atoms with Crippen LogP contribution in [0.25, 0.3) is 11.5 Å². The van der Waals surface area contributed by atoms with Crippen LogP contribution in [0.5, 0.6) is 5.75 Å². The predicted molar refractivity (Wildman–Crippen MR) is 115 cm³/mol. The first-order valence-electron chi connectivity index (χ1n) is 10.8. The molecule has 3 heterocycles. The van der Waals surface area contributed by atoms with Gasteiger partial charge in [-0.3, -0.25) is 9.78 Å². The molecular formula is C22H29N5O4. The van der Waals surface area contributed by atoms with Crippen LogP contribution in [0.1, 0.15) is 30.5 Å². The summed E-state index contributed by atoms with van der Waals surface area (Å²) < 4.78 is 10.9. The number of aromatic nitrogens is 3. The minimum absolute atomic E-state index is 0.0150. The molecule has 1 aliphatic carbocycles. The maximum atomic E-state index is 12.6. The topological polar surface area (TPSA) is 110 Å². The molecule has 9 heteroatoms. The Morgan fingerprint density at radius 2 is 2.16 bits per heavy atom. The largest absolute Gasteiger partial charge is 0.491 e. The maximum absolute atomic E-state index is 12.6. The van der Waals surface area contributed by atoms with E-state index in [1.54, 1.807) is 18.3 Å². The number of pyridine rings is 1. The number of likely N-dealkylation sites (N-methyl/N-ethyl adjacent to an activating group) is 1. The molecule has 1 aliphatic heterocycles. The van der Waals surface area contributed by atoms with E-state index in [-0.39, 0.29) is 31.7 Å². The number of fused-ring (bicyclic) bond motifs is 1. The van der Waals surface area contributed by atoms with Crippen LogP contribution in [0.2, 0.25) is 0 Å². The molecule has 0 atom stereocenters. The van der Waals surface area contributed by atoms with Gasteiger partial charge >= 0.3 is 0 Å². The summed E-state index contributed by atoms with van der Waals surface area (Å²) in [5.74, 6) is 1.89. The number of carbonyl (C=O) groups excluding carboxylic acids is 1. The number of aliphatic hydroxyl groups is 1. The van der Waals surface area contributed by atoms with Crippen molar-refractivity contribution < 1.29 is 19.4 Å². The van der Waals surface area contributed by atoms with Gasteiger partial charge in [0.25, 0.3) is 0 Å². The molecule has 166 valence electrons. The third-order valence-electron chi connectivity index (χ3n) is 5.56. The Balaban J connectivity index is 1.53. The second kappa shape index (κ2) is 10.0. The highest BCUT2D eigenvalue weighted by atomic mass is 16.5. The van der Waals surface area contributed by atoms with Crippen molar-refractivity contribution in [1.29, 1.82) is 0 Å². The Morgan fingerprint density at radius 3 is 2.97 bits per heavy atom. The number of aryl methyl sites for hydroxylation is 1. The van der Waals surface area contributed by atoms with Crippen molar-refractivity contribution in [3.05, 3.63) is 29.6 Å². The van der Waals surface area contributed by atoms with Gasteiger partial charge in [-0.05, 0) is 38.2 Å². The van der Waals surface area contributed by atoms with Crippen molar-refractivity contribution in [2.45, 2.75) is 38.1 Å². The number of aliphatic hydroxyl groups excluding tert-OH is 1. The predicted octanol–water partition coefficient (Wildman–Crippen LogP) is 1.13. The minimum Gasteiger partial charge on any atom is -0.491 e. The smallest absolute Gasteiger partial charge is 0.239 e. The van der Waals surface area contributed by atoms with Crippen molar-refractivity contribution in [2.24, 2.45) is 0 Å². The fourth-order valence-corrected chi connectivity index (χ4v) is 4.04. The highest BCUT2D eigenvalue weighted by Crippen LogP contribution is 2.31. The third kappa shape index (κ3) is 5.29. The zero-order valence-electron chi connectivity index (χ0n) is 17.8. The lowest BCUT2D eigenvalue weighted by Gasteiger charge is -2.25. The van der Waals surface area contributed by atoms with Crippen molar-refractivity contribution >= 4 is 11.7 Å². The molecule has 2 aromatic heterocycles. The number of nitrogens with zero attached hydrogens (tertiary/aromatic N) is 4. The number of ether oxygens (including phenoxy) is 2. The quantitative estimate of drug-likeness (QED) is 0.645. The molecule has 2 N–H and O–H groups in total. The molecule has 0 saturated carbocycles. The molecule has 1 saturated heterocycles. The van der Waals surface area contributed by atoms with Gasteiger partial charge in [-0.2, -0.15) is 0 Å². The van der Waals surface area contributed by atoms with Crippen LogP contribution in [-0.4, -0.2) is 72.0 Å². The van der Waals surface area contributed by atoms with Crippen LogP contribution >= 0.6 is 0 Å². The summed E-state index contributed by atoms with van der Waals surface area (Å²) in [6, 6.07) is 3.68. The summed E-state index contributed by atoms with van der Waals surface area (Å²) in [5, 5.41) is 12.1. The van der Waals surface area contributed by atoms with Gasteiger partial charge in [0.1, 0.15) is 23.9 Å². The minimum atomic E-state index is -0.0576. The van der Waals surface area contributed by atoms with E-state index >= 15 is 0 Å². The van der Waals surface area contributed by atoms with E-state index in [0.29, 0.717) is 30.5 Å². The summed E-state index contributed by atoms with van der Waals surface area (Å²) in [5.41, 5.74) is 2.73. The molecule has 1 amide bonds. The van der Waals surface area contributed by atoms with Crippen LogP contribution in [0, 0.1) is 0 Å². The molecular weight excluding hydrogens is 398 g/mol. The number of carbonyl (C=O) groups is 1. The van der Waals surface area contributed by atoms with Crippen LogP contribution in [0.15, 0.2) is 18.3 Å². The normalized spacial score (nSPS) is 16.1. The summed E-state index contributed by atoms with van der Waals surface area (Å²) >= 11 is 0. The standard InChI is InChI=1S/C22H29N5O4/c1-27(14-20(29)24-15-6-10-30-11-7-15)22-17-3-2-4-18(17)25-21(26-22)19-13-16(5-8-23-19)31-12-9-28/h5,8,13,15,28H,2-4,6-7,9-12,14H2,1H3,(H,24,29). The average molecular weight is 428 g/mol. The first kappa shape index (κ1) is 21.5. The molecule has 4 rings (SSSR count). The van der Waals surface area contributed by atoms with Crippen LogP contribution in [0.4, 0.5) is 5.82 Å². The van der Waals surface area contributed by atoms with Gasteiger partial charge in [-0.1, -0.05) is 0 Å². The van der Waals surface area contributed by atoms with Gasteiger partial charge in [0.05, 0.1) is 13.2 Å². The number of amides is 1. The fraction of sp³-hybridized carbons (Fsp3) is 0.545. The third-order valence-corrected chi connectivity index (χ3v) is 5.56. The Kier molecular flexibility index (Phi) is 6.93. The van der Waals surface area contributed by atoms with E-state index in [2.05, 4.69) is 10.3 Å². The van der Waals surface area contributed by atoms with Crippen molar-refractivity contribution in [1.82, 2.24) is 20.3 Å². The van der Waals surface area contributed by atoms with Crippen molar-refractivity contribution in [3.8, 4) is 17.3 Å². The van der Waals surface area contributed by atoms with E-state index in [1.165, 1.54) is 0 Å². The monoisotopic (exact) mass is 427 g/mol. The van der Waals surface area contributed by atoms with Gasteiger partial charge < -0.3 is 24.8 Å². The Labute approximate surface area is 181 Å². The lowest BCUT2D eigenvalue weighted by Crippen LogP contribution is -2.43. The van der Waals surface area contributed by atoms with Crippen LogP contribution < -0.4 is 15.0 Å². The molecule has 2 aliphatic rings. The number of hydrogen-bond acceptors (Lipinski definition) is 8. The number of hydrogen-bond donors (Lipinski definition) is 2. The number of rotatable bonds is 8. The second-order valence-electron chi connectivity index (χ2n) is 7.91. The lowest BCUT2D eigenvalue weighted by molar-refractivity contribution is -0.121. The molecule has 0 radical (unpaired) electrons. The highest BCUT2D eigenvalue weighted by molar-refractivity contribution is 5.81. The summed E-state index contributed by atoms with van der Waals surface area (Å²) in [4.78, 5) is 28.4. The SMILES string of the molecule is CN(CC(=O)NC1CCOCC1)c1nc(-c2cc(OCCO)ccn2)nc2c1CCC2. The Morgan fingerprint density at radius 1 is 1.32 bits per heavy atom. The van der Waals surface area contributed by atoms with Crippen molar-refractivity contribution in [2.75, 3.05) is 44.9 Å². The molecule has 9 nitrogen and oxygen atoms in total. The molecule has 0 unspecified atom stereocenters. The molecule has 0 spiro atoms. The summed E-state index contributed by atoms with van der Waals surface area (Å²) in [7, 11) is 1.89.